The van der Waals surface area contributed by atoms with E-state index in [4.69, 9.17) is 23.2 Å². The molecular weight excluding hydrogens is 411 g/mol. The van der Waals surface area contributed by atoms with Crippen molar-refractivity contribution in [2.45, 2.75) is 17.3 Å². The van der Waals surface area contributed by atoms with Crippen molar-refractivity contribution in [3.63, 3.8) is 0 Å². The molecule has 4 rings (SSSR count). The van der Waals surface area contributed by atoms with Crippen LogP contribution in [-0.2, 0) is 4.79 Å². The molecule has 4 aromatic rings. The van der Waals surface area contributed by atoms with E-state index in [1.807, 2.05) is 35.6 Å². The van der Waals surface area contributed by atoms with Crippen LogP contribution in [0.1, 0.15) is 6.92 Å². The molecule has 1 unspecified atom stereocenters. The summed E-state index contributed by atoms with van der Waals surface area (Å²) in [7, 11) is 0. The summed E-state index contributed by atoms with van der Waals surface area (Å²) < 4.78 is 3.10. The summed E-state index contributed by atoms with van der Waals surface area (Å²) in [6.45, 7) is 1.82. The Labute approximate surface area is 167 Å². The Morgan fingerprint density at radius 2 is 2.04 bits per heavy atom. The molecule has 9 heteroatoms. The lowest BCUT2D eigenvalue weighted by Gasteiger charge is -2.12. The van der Waals surface area contributed by atoms with Crippen molar-refractivity contribution in [1.82, 2.24) is 14.6 Å². The summed E-state index contributed by atoms with van der Waals surface area (Å²) in [4.78, 5) is 13.3. The van der Waals surface area contributed by atoms with Crippen LogP contribution in [0.15, 0.2) is 47.6 Å². The molecule has 1 atom stereocenters. The number of amides is 1. The molecular formula is C17H12Cl2N4OS2. The first kappa shape index (κ1) is 17.6. The normalized spacial score (nSPS) is 12.6. The molecule has 1 N–H and O–H groups in total. The number of benzene rings is 2. The lowest BCUT2D eigenvalue weighted by atomic mass is 10.3. The molecule has 0 fully saturated rings. The van der Waals surface area contributed by atoms with Crippen LogP contribution < -0.4 is 5.32 Å². The molecule has 0 spiro atoms. The van der Waals surface area contributed by atoms with Crippen molar-refractivity contribution in [1.29, 1.82) is 0 Å². The highest BCUT2D eigenvalue weighted by atomic mass is 35.5. The van der Waals surface area contributed by atoms with Gasteiger partial charge in [-0.1, -0.05) is 58.4 Å². The van der Waals surface area contributed by atoms with Gasteiger partial charge in [0.1, 0.15) is 0 Å². The number of hydrogen-bond acceptors (Lipinski definition) is 5. The minimum Gasteiger partial charge on any atom is -0.324 e. The van der Waals surface area contributed by atoms with Crippen LogP contribution >= 0.6 is 46.3 Å². The summed E-state index contributed by atoms with van der Waals surface area (Å²) in [6, 6.07) is 13.0. The molecule has 0 bridgehead atoms. The van der Waals surface area contributed by atoms with Gasteiger partial charge in [-0.15, -0.1) is 10.2 Å². The number of carbonyl (C=O) groups is 1. The largest absolute Gasteiger partial charge is 0.324 e. The first-order chi connectivity index (χ1) is 12.5. The second kappa shape index (κ2) is 7.08. The van der Waals surface area contributed by atoms with E-state index in [1.54, 1.807) is 29.5 Å². The first-order valence-corrected chi connectivity index (χ1v) is 10.1. The van der Waals surface area contributed by atoms with E-state index in [9.17, 15) is 4.79 Å². The molecule has 1 amide bonds. The summed E-state index contributed by atoms with van der Waals surface area (Å²) >= 11 is 14.9. The topological polar surface area (TPSA) is 59.3 Å². The van der Waals surface area contributed by atoms with Gasteiger partial charge >= 0.3 is 0 Å². The molecule has 0 aliphatic carbocycles. The number of nitrogens with zero attached hydrogens (tertiary/aromatic N) is 3. The molecule has 0 aliphatic rings. The molecule has 0 saturated carbocycles. The zero-order chi connectivity index (χ0) is 18.3. The maximum Gasteiger partial charge on any atom is 0.237 e. The Morgan fingerprint density at radius 1 is 1.23 bits per heavy atom. The minimum atomic E-state index is -0.382. The number of nitrogens with one attached hydrogen (secondary N) is 1. The smallest absolute Gasteiger partial charge is 0.237 e. The van der Waals surface area contributed by atoms with Crippen LogP contribution in [0, 0.1) is 0 Å². The van der Waals surface area contributed by atoms with E-state index < -0.39 is 0 Å². The minimum absolute atomic E-state index is 0.171. The van der Waals surface area contributed by atoms with Gasteiger partial charge in [0.05, 0.1) is 26.2 Å². The lowest BCUT2D eigenvalue weighted by molar-refractivity contribution is -0.115. The summed E-state index contributed by atoms with van der Waals surface area (Å²) in [5, 5.41) is 12.5. The van der Waals surface area contributed by atoms with Crippen LogP contribution in [0.2, 0.25) is 10.0 Å². The predicted molar refractivity (Wildman–Crippen MR) is 109 cm³/mol. The molecule has 2 aromatic carbocycles. The Balaban J connectivity index is 1.57. The monoisotopic (exact) mass is 422 g/mol. The summed E-state index contributed by atoms with van der Waals surface area (Å²) in [5.74, 6) is -0.171. The highest BCUT2D eigenvalue weighted by Crippen LogP contribution is 2.32. The molecule has 5 nitrogen and oxygen atoms in total. The number of hydrogen-bond donors (Lipinski definition) is 1. The number of thioether (sulfide) groups is 1. The van der Waals surface area contributed by atoms with Crippen LogP contribution in [0.5, 0.6) is 0 Å². The van der Waals surface area contributed by atoms with Crippen LogP contribution in [-0.4, -0.2) is 25.8 Å². The van der Waals surface area contributed by atoms with E-state index >= 15 is 0 Å². The van der Waals surface area contributed by atoms with Gasteiger partial charge in [-0.25, -0.2) is 0 Å². The van der Waals surface area contributed by atoms with Gasteiger partial charge in [-0.3, -0.25) is 9.20 Å². The second-order valence-electron chi connectivity index (χ2n) is 5.54. The average Bonchev–Trinajstić information content (AvgIpc) is 3.17. The number of carbonyl (C=O) groups excluding carboxylic acids is 1. The number of para-hydroxylation sites is 1. The van der Waals surface area contributed by atoms with Crippen molar-refractivity contribution in [3.8, 4) is 0 Å². The van der Waals surface area contributed by atoms with Gasteiger partial charge in [0, 0.05) is 5.02 Å². The Kier molecular flexibility index (Phi) is 4.79. The van der Waals surface area contributed by atoms with Gasteiger partial charge in [0.15, 0.2) is 5.16 Å². The quantitative estimate of drug-likeness (QED) is 0.449. The molecule has 0 radical (unpaired) electrons. The van der Waals surface area contributed by atoms with E-state index in [0.29, 0.717) is 20.9 Å². The fourth-order valence-corrected chi connectivity index (χ4v) is 4.81. The van der Waals surface area contributed by atoms with Crippen molar-refractivity contribution < 1.29 is 4.79 Å². The van der Waals surface area contributed by atoms with E-state index in [-0.39, 0.29) is 11.2 Å². The summed E-state index contributed by atoms with van der Waals surface area (Å²) in [6.07, 6.45) is 0. The fourth-order valence-electron chi connectivity index (χ4n) is 2.47. The number of halogens is 2. The third-order valence-electron chi connectivity index (χ3n) is 3.75. The lowest BCUT2D eigenvalue weighted by Crippen LogP contribution is -2.22. The number of anilines is 1. The fraction of sp³-hybridized carbons (Fsp3) is 0.118. The van der Waals surface area contributed by atoms with Crippen LogP contribution in [0.3, 0.4) is 0 Å². The summed E-state index contributed by atoms with van der Waals surface area (Å²) in [5.41, 5.74) is 1.56. The number of fused-ring (bicyclic) bond motifs is 3. The Bertz CT molecular complexity index is 1120. The van der Waals surface area contributed by atoms with E-state index in [0.717, 1.165) is 15.2 Å². The maximum atomic E-state index is 12.5. The van der Waals surface area contributed by atoms with Crippen molar-refractivity contribution >= 4 is 73.1 Å². The van der Waals surface area contributed by atoms with Gasteiger partial charge in [0.25, 0.3) is 0 Å². The number of rotatable bonds is 4. The molecule has 0 aliphatic heterocycles. The Morgan fingerprint density at radius 3 is 2.85 bits per heavy atom. The van der Waals surface area contributed by atoms with Gasteiger partial charge in [0.2, 0.25) is 10.9 Å². The molecule has 2 heterocycles. The highest BCUT2D eigenvalue weighted by Gasteiger charge is 2.20. The van der Waals surface area contributed by atoms with Gasteiger partial charge in [-0.2, -0.15) is 0 Å². The van der Waals surface area contributed by atoms with Gasteiger partial charge < -0.3 is 5.32 Å². The molecule has 2 aromatic heterocycles. The van der Waals surface area contributed by atoms with Gasteiger partial charge in [-0.05, 0) is 37.3 Å². The third kappa shape index (κ3) is 3.27. The van der Waals surface area contributed by atoms with Crippen molar-refractivity contribution in [2.75, 3.05) is 5.32 Å². The highest BCUT2D eigenvalue weighted by molar-refractivity contribution is 8.00. The maximum absolute atomic E-state index is 12.5. The van der Waals surface area contributed by atoms with Crippen LogP contribution in [0.25, 0.3) is 15.2 Å². The molecule has 132 valence electrons. The van der Waals surface area contributed by atoms with Crippen molar-refractivity contribution in [3.05, 3.63) is 52.5 Å². The Hall–Kier alpha value is -1.80. The average molecular weight is 423 g/mol. The van der Waals surface area contributed by atoms with Crippen molar-refractivity contribution in [2.24, 2.45) is 0 Å². The standard InChI is InChI=1S/C17H12Cl2N4OS2/c1-9(15(24)20-12-7-6-10(18)8-11(12)19)25-16-21-22-17-23(16)13-4-2-3-5-14(13)26-17/h2-9H,1H3,(H,20,24). The first-order valence-electron chi connectivity index (χ1n) is 7.68. The van der Waals surface area contributed by atoms with E-state index in [2.05, 4.69) is 15.5 Å². The SMILES string of the molecule is CC(Sc1nnc2sc3ccccc3n12)C(=O)Nc1ccc(Cl)cc1Cl. The van der Waals surface area contributed by atoms with Crippen LogP contribution in [0.4, 0.5) is 5.69 Å². The second-order valence-corrected chi connectivity index (χ2v) is 8.70. The molecule has 26 heavy (non-hydrogen) atoms. The third-order valence-corrected chi connectivity index (χ3v) is 6.35. The zero-order valence-corrected chi connectivity index (χ0v) is 16.6. The number of aromatic nitrogens is 3. The molecule has 0 saturated heterocycles. The zero-order valence-electron chi connectivity index (χ0n) is 13.4. The predicted octanol–water partition coefficient (Wildman–Crippen LogP) is 5.37. The van der Waals surface area contributed by atoms with E-state index in [1.165, 1.54) is 11.8 Å². The number of thiazole rings is 1.